The number of aryl methyl sites for hydroxylation is 1. The Kier molecular flexibility index (Phi) is 6.87. The van der Waals surface area contributed by atoms with E-state index in [1.807, 2.05) is 0 Å². The Balaban J connectivity index is 1.88. The van der Waals surface area contributed by atoms with Crippen LogP contribution >= 0.6 is 0 Å². The van der Waals surface area contributed by atoms with Gasteiger partial charge < -0.3 is 14.8 Å². The van der Waals surface area contributed by atoms with Crippen molar-refractivity contribution in [2.75, 3.05) is 5.32 Å². The van der Waals surface area contributed by atoms with Gasteiger partial charge in [-0.1, -0.05) is 12.1 Å². The zero-order chi connectivity index (χ0) is 19.8. The van der Waals surface area contributed by atoms with Gasteiger partial charge >= 0.3 is 11.9 Å². The Morgan fingerprint density at radius 3 is 2.37 bits per heavy atom. The molecule has 0 aliphatic rings. The molecule has 142 valence electrons. The summed E-state index contributed by atoms with van der Waals surface area (Å²) in [5.41, 5.74) is 4.39. The second-order valence-electron chi connectivity index (χ2n) is 5.92. The summed E-state index contributed by atoms with van der Waals surface area (Å²) in [6.45, 7) is 3.49. The van der Waals surface area contributed by atoms with Crippen LogP contribution in [0.5, 0.6) is 0 Å². The molecule has 0 saturated heterocycles. The summed E-state index contributed by atoms with van der Waals surface area (Å²) in [6.07, 6.45) is 0.401. The van der Waals surface area contributed by atoms with Crippen molar-refractivity contribution in [3.8, 4) is 0 Å². The number of carboxylic acid groups (broad SMARTS) is 1. The molecule has 1 aromatic heterocycles. The van der Waals surface area contributed by atoms with Crippen LogP contribution in [0.4, 0.5) is 5.69 Å². The summed E-state index contributed by atoms with van der Waals surface area (Å²) in [7, 11) is 0. The topological polar surface area (TPSA) is 121 Å². The van der Waals surface area contributed by atoms with Gasteiger partial charge in [0.25, 0.3) is 0 Å². The lowest BCUT2D eigenvalue weighted by Crippen LogP contribution is -2.18. The highest BCUT2D eigenvalue weighted by Gasteiger charge is 2.09. The summed E-state index contributed by atoms with van der Waals surface area (Å²) < 4.78 is 5.22. The molecule has 0 bridgehead atoms. The van der Waals surface area contributed by atoms with Crippen molar-refractivity contribution in [2.45, 2.75) is 33.1 Å². The maximum atomic E-state index is 11.9. The van der Waals surface area contributed by atoms with Crippen LogP contribution < -0.4 is 10.7 Å². The number of carboxylic acids is 1. The lowest BCUT2D eigenvalue weighted by Gasteiger charge is -2.06. The van der Waals surface area contributed by atoms with Gasteiger partial charge in [-0.15, -0.1) is 0 Å². The number of hydrogen-bond acceptors (Lipinski definition) is 5. The van der Waals surface area contributed by atoms with Gasteiger partial charge in [-0.3, -0.25) is 14.4 Å². The first kappa shape index (κ1) is 19.9. The molecule has 2 amide bonds. The fraction of sp³-hybridized carbons (Fsp3) is 0.263. The minimum Gasteiger partial charge on any atom is -0.481 e. The molecule has 3 N–H and O–H groups in total. The van der Waals surface area contributed by atoms with Crippen molar-refractivity contribution in [2.24, 2.45) is 5.10 Å². The van der Waals surface area contributed by atoms with Gasteiger partial charge in [0.1, 0.15) is 5.76 Å². The first-order chi connectivity index (χ1) is 12.8. The molecular formula is C19H21N3O5. The van der Waals surface area contributed by atoms with Gasteiger partial charge in [0, 0.05) is 18.5 Å². The number of nitrogens with zero attached hydrogens (tertiary/aromatic N) is 1. The minimum atomic E-state index is -0.920. The first-order valence-electron chi connectivity index (χ1n) is 8.38. The predicted molar refractivity (Wildman–Crippen MR) is 99.7 cm³/mol. The van der Waals surface area contributed by atoms with Gasteiger partial charge in [-0.25, -0.2) is 5.43 Å². The fourth-order valence-electron chi connectivity index (χ4n) is 2.23. The zero-order valence-electron chi connectivity index (χ0n) is 15.1. The van der Waals surface area contributed by atoms with Crippen LogP contribution in [0, 0.1) is 6.92 Å². The Bertz CT molecular complexity index is 852. The summed E-state index contributed by atoms with van der Waals surface area (Å²) in [5.74, 6) is -0.772. The van der Waals surface area contributed by atoms with Crippen molar-refractivity contribution in [3.05, 3.63) is 53.5 Å². The monoisotopic (exact) mass is 371 g/mol. The van der Waals surface area contributed by atoms with Crippen molar-refractivity contribution in [3.63, 3.8) is 0 Å². The van der Waals surface area contributed by atoms with Gasteiger partial charge in [-0.2, -0.15) is 5.10 Å². The second-order valence-corrected chi connectivity index (χ2v) is 5.92. The van der Waals surface area contributed by atoms with E-state index in [2.05, 4.69) is 15.8 Å². The van der Waals surface area contributed by atoms with Crippen LogP contribution in [0.25, 0.3) is 0 Å². The van der Waals surface area contributed by atoms with Crippen LogP contribution in [0.15, 0.2) is 45.9 Å². The molecule has 1 heterocycles. The molecule has 2 rings (SSSR count). The van der Waals surface area contributed by atoms with E-state index in [1.165, 1.54) is 0 Å². The highest BCUT2D eigenvalue weighted by atomic mass is 16.4. The third kappa shape index (κ3) is 6.43. The third-order valence-electron chi connectivity index (χ3n) is 3.67. The second kappa shape index (κ2) is 9.33. The van der Waals surface area contributed by atoms with E-state index in [1.54, 1.807) is 50.2 Å². The lowest BCUT2D eigenvalue weighted by molar-refractivity contribution is -0.137. The SMILES string of the molecule is C/C(=N\NC(=O)c1ccc(C)o1)c1ccc(NC(=O)CCCC(=O)O)cc1. The van der Waals surface area contributed by atoms with Crippen molar-refractivity contribution in [1.82, 2.24) is 5.43 Å². The van der Waals surface area contributed by atoms with E-state index in [-0.39, 0.29) is 24.5 Å². The number of aliphatic carboxylic acids is 1. The van der Waals surface area contributed by atoms with Crippen molar-refractivity contribution >= 4 is 29.2 Å². The fourth-order valence-corrected chi connectivity index (χ4v) is 2.23. The van der Waals surface area contributed by atoms with E-state index in [4.69, 9.17) is 9.52 Å². The van der Waals surface area contributed by atoms with Gasteiger partial charge in [0.05, 0.1) is 5.71 Å². The highest BCUT2D eigenvalue weighted by Crippen LogP contribution is 2.12. The van der Waals surface area contributed by atoms with Gasteiger partial charge in [-0.05, 0) is 50.1 Å². The maximum Gasteiger partial charge on any atom is 0.307 e. The Morgan fingerprint density at radius 2 is 1.78 bits per heavy atom. The number of amides is 2. The predicted octanol–water partition coefficient (Wildman–Crippen LogP) is 2.94. The lowest BCUT2D eigenvalue weighted by atomic mass is 10.1. The smallest absolute Gasteiger partial charge is 0.307 e. The number of anilines is 1. The molecule has 0 saturated carbocycles. The van der Waals surface area contributed by atoms with Crippen LogP contribution in [0.3, 0.4) is 0 Å². The van der Waals surface area contributed by atoms with Crippen LogP contribution in [0.2, 0.25) is 0 Å². The van der Waals surface area contributed by atoms with E-state index < -0.39 is 11.9 Å². The van der Waals surface area contributed by atoms with Crippen LogP contribution in [-0.2, 0) is 9.59 Å². The first-order valence-corrected chi connectivity index (χ1v) is 8.38. The normalized spacial score (nSPS) is 11.1. The molecule has 0 aliphatic carbocycles. The third-order valence-corrected chi connectivity index (χ3v) is 3.67. The number of carbonyl (C=O) groups is 3. The van der Waals surface area contributed by atoms with E-state index >= 15 is 0 Å². The maximum absolute atomic E-state index is 11.9. The molecule has 0 atom stereocenters. The largest absolute Gasteiger partial charge is 0.481 e. The summed E-state index contributed by atoms with van der Waals surface area (Å²) in [5, 5.41) is 15.3. The molecule has 0 radical (unpaired) electrons. The quantitative estimate of drug-likeness (QED) is 0.487. The molecule has 1 aromatic carbocycles. The molecule has 0 unspecified atom stereocenters. The molecular weight excluding hydrogens is 350 g/mol. The summed E-state index contributed by atoms with van der Waals surface area (Å²) >= 11 is 0. The number of hydrazone groups is 1. The number of furan rings is 1. The summed E-state index contributed by atoms with van der Waals surface area (Å²) in [4.78, 5) is 34.1. The number of rotatable bonds is 8. The van der Waals surface area contributed by atoms with E-state index in [9.17, 15) is 14.4 Å². The van der Waals surface area contributed by atoms with E-state index in [0.717, 1.165) is 5.56 Å². The Hall–Kier alpha value is -3.42. The van der Waals surface area contributed by atoms with Crippen LogP contribution in [0.1, 0.15) is 48.1 Å². The number of nitrogens with one attached hydrogen (secondary N) is 2. The molecule has 0 aliphatic heterocycles. The average Bonchev–Trinajstić information content (AvgIpc) is 3.06. The van der Waals surface area contributed by atoms with E-state index in [0.29, 0.717) is 23.6 Å². The molecule has 8 heteroatoms. The van der Waals surface area contributed by atoms with Gasteiger partial charge in [0.2, 0.25) is 5.91 Å². The summed E-state index contributed by atoms with van der Waals surface area (Å²) in [6, 6.07) is 10.2. The highest BCUT2D eigenvalue weighted by molar-refractivity contribution is 6.01. The molecule has 27 heavy (non-hydrogen) atoms. The molecule has 0 spiro atoms. The molecule has 0 fully saturated rings. The Morgan fingerprint density at radius 1 is 1.07 bits per heavy atom. The minimum absolute atomic E-state index is 0.0364. The van der Waals surface area contributed by atoms with Crippen molar-refractivity contribution in [1.29, 1.82) is 0 Å². The number of hydrogen-bond donors (Lipinski definition) is 3. The standard InChI is InChI=1S/C19H21N3O5/c1-12-6-11-16(27-12)19(26)22-21-13(2)14-7-9-15(10-8-14)20-17(23)4-3-5-18(24)25/h6-11H,3-5H2,1-2H3,(H,20,23)(H,22,26)(H,24,25)/b21-13+. The van der Waals surface area contributed by atoms with Crippen LogP contribution in [-0.4, -0.2) is 28.6 Å². The van der Waals surface area contributed by atoms with Gasteiger partial charge in [0.15, 0.2) is 5.76 Å². The molecule has 2 aromatic rings. The average molecular weight is 371 g/mol. The number of carbonyl (C=O) groups excluding carboxylic acids is 2. The molecule has 8 nitrogen and oxygen atoms in total. The zero-order valence-corrected chi connectivity index (χ0v) is 15.1. The Labute approximate surface area is 156 Å². The van der Waals surface area contributed by atoms with Crippen molar-refractivity contribution < 1.29 is 23.9 Å². The number of benzene rings is 1.